The van der Waals surface area contributed by atoms with E-state index in [9.17, 15) is 19.7 Å². The number of benzene rings is 2. The minimum atomic E-state index is -1.11. The van der Waals surface area contributed by atoms with Crippen molar-refractivity contribution in [3.63, 3.8) is 0 Å². The monoisotopic (exact) mass is 392 g/mol. The smallest absolute Gasteiger partial charge is 0.339 e. The zero-order chi connectivity index (χ0) is 19.6. The fourth-order valence-electron chi connectivity index (χ4n) is 2.28. The van der Waals surface area contributed by atoms with Gasteiger partial charge in [-0.15, -0.1) is 0 Å². The quantitative estimate of drug-likeness (QED) is 0.471. The second kappa shape index (κ2) is 7.50. The van der Waals surface area contributed by atoms with E-state index < -0.39 is 22.9 Å². The number of nitrogens with zero attached hydrogens (tertiary/aromatic N) is 1. The Morgan fingerprint density at radius 3 is 2.63 bits per heavy atom. The van der Waals surface area contributed by atoms with Crippen LogP contribution in [0.3, 0.4) is 0 Å². The number of nitrogens with one attached hydrogen (secondary N) is 1. The van der Waals surface area contributed by atoms with Gasteiger partial charge in [0.05, 0.1) is 15.5 Å². The van der Waals surface area contributed by atoms with Crippen LogP contribution in [0.15, 0.2) is 36.4 Å². The van der Waals surface area contributed by atoms with Crippen molar-refractivity contribution in [2.45, 2.75) is 13.0 Å². The molecule has 2 aromatic carbocycles. The molecule has 10 heteroatoms. The molecule has 0 aromatic heterocycles. The van der Waals surface area contributed by atoms with Crippen molar-refractivity contribution in [3.05, 3.63) is 57.1 Å². The second-order valence-corrected chi connectivity index (χ2v) is 5.94. The lowest BCUT2D eigenvalue weighted by atomic mass is 10.2. The Bertz CT molecular complexity index is 914. The third-order valence-electron chi connectivity index (χ3n) is 3.66. The number of amides is 1. The van der Waals surface area contributed by atoms with Crippen LogP contribution in [0.4, 0.5) is 11.4 Å². The molecule has 0 saturated heterocycles. The highest BCUT2D eigenvalue weighted by Gasteiger charge is 2.24. The van der Waals surface area contributed by atoms with Gasteiger partial charge in [0.2, 0.25) is 6.79 Å². The number of anilines is 1. The van der Waals surface area contributed by atoms with Gasteiger partial charge in [0.1, 0.15) is 0 Å². The van der Waals surface area contributed by atoms with E-state index in [0.29, 0.717) is 17.2 Å². The van der Waals surface area contributed by atoms with Gasteiger partial charge in [0.15, 0.2) is 17.6 Å². The topological polar surface area (TPSA) is 117 Å². The Morgan fingerprint density at radius 1 is 1.26 bits per heavy atom. The number of fused-ring (bicyclic) bond motifs is 1. The van der Waals surface area contributed by atoms with Gasteiger partial charge in [0, 0.05) is 17.8 Å². The van der Waals surface area contributed by atoms with Crippen molar-refractivity contribution in [1.82, 2.24) is 0 Å². The Balaban J connectivity index is 1.63. The van der Waals surface area contributed by atoms with Crippen molar-refractivity contribution in [2.24, 2.45) is 0 Å². The van der Waals surface area contributed by atoms with Crippen molar-refractivity contribution < 1.29 is 28.7 Å². The van der Waals surface area contributed by atoms with Gasteiger partial charge in [-0.2, -0.15) is 0 Å². The molecule has 1 aliphatic heterocycles. The summed E-state index contributed by atoms with van der Waals surface area (Å²) < 4.78 is 15.5. The molecule has 1 heterocycles. The molecule has 0 fully saturated rings. The summed E-state index contributed by atoms with van der Waals surface area (Å²) in [6.07, 6.45) is -1.11. The molecule has 2 aromatic rings. The first-order valence-corrected chi connectivity index (χ1v) is 8.08. The van der Waals surface area contributed by atoms with Gasteiger partial charge in [-0.25, -0.2) is 4.79 Å². The third kappa shape index (κ3) is 4.09. The minimum Gasteiger partial charge on any atom is -0.454 e. The highest BCUT2D eigenvalue weighted by molar-refractivity contribution is 6.32. The number of carbonyl (C=O) groups is 2. The Kier molecular flexibility index (Phi) is 5.13. The standard InChI is InChI=1S/C17H13ClN2O7/c1-9(16(21)19-11-2-4-12(5-3-11)20(23)24)27-17(22)10-6-13(18)15-14(7-10)25-8-26-15/h2-7,9H,8H2,1H3,(H,19,21). The number of nitro benzene ring substituents is 1. The average Bonchev–Trinajstić information content (AvgIpc) is 3.11. The van der Waals surface area contributed by atoms with Gasteiger partial charge in [0.25, 0.3) is 11.6 Å². The van der Waals surface area contributed by atoms with E-state index in [4.69, 9.17) is 25.8 Å². The number of esters is 1. The third-order valence-corrected chi connectivity index (χ3v) is 3.94. The first-order valence-electron chi connectivity index (χ1n) is 7.70. The Morgan fingerprint density at radius 2 is 1.96 bits per heavy atom. The maximum Gasteiger partial charge on any atom is 0.339 e. The van der Waals surface area contributed by atoms with Gasteiger partial charge in [-0.1, -0.05) is 11.6 Å². The fourth-order valence-corrected chi connectivity index (χ4v) is 2.54. The molecule has 1 unspecified atom stereocenters. The van der Waals surface area contributed by atoms with Crippen LogP contribution in [0.2, 0.25) is 5.02 Å². The number of nitro groups is 1. The molecule has 0 radical (unpaired) electrons. The van der Waals surface area contributed by atoms with E-state index in [-0.39, 0.29) is 23.1 Å². The molecule has 0 aliphatic carbocycles. The molecule has 1 N–H and O–H groups in total. The highest BCUT2D eigenvalue weighted by atomic mass is 35.5. The van der Waals surface area contributed by atoms with E-state index >= 15 is 0 Å². The van der Waals surface area contributed by atoms with Crippen molar-refractivity contribution in [1.29, 1.82) is 0 Å². The number of carbonyl (C=O) groups excluding carboxylic acids is 2. The van der Waals surface area contributed by atoms with E-state index in [1.165, 1.54) is 43.3 Å². The summed E-state index contributed by atoms with van der Waals surface area (Å²) in [5, 5.41) is 13.3. The van der Waals surface area contributed by atoms with Crippen molar-refractivity contribution in [2.75, 3.05) is 12.1 Å². The molecule has 0 bridgehead atoms. The number of hydrogen-bond donors (Lipinski definition) is 1. The molecule has 3 rings (SSSR count). The highest BCUT2D eigenvalue weighted by Crippen LogP contribution is 2.39. The molecule has 27 heavy (non-hydrogen) atoms. The number of non-ortho nitro benzene ring substituents is 1. The van der Waals surface area contributed by atoms with E-state index in [0.717, 1.165) is 0 Å². The summed E-state index contributed by atoms with van der Waals surface area (Å²) >= 11 is 6.02. The maximum atomic E-state index is 12.3. The largest absolute Gasteiger partial charge is 0.454 e. The molecule has 1 atom stereocenters. The van der Waals surface area contributed by atoms with Gasteiger partial charge >= 0.3 is 5.97 Å². The first kappa shape index (κ1) is 18.5. The summed E-state index contributed by atoms with van der Waals surface area (Å²) in [5.74, 6) is -0.694. The lowest BCUT2D eigenvalue weighted by Gasteiger charge is -2.14. The van der Waals surface area contributed by atoms with Crippen LogP contribution in [-0.2, 0) is 9.53 Å². The predicted molar refractivity (Wildman–Crippen MR) is 94.2 cm³/mol. The second-order valence-electron chi connectivity index (χ2n) is 5.53. The maximum absolute atomic E-state index is 12.3. The van der Waals surface area contributed by atoms with Gasteiger partial charge in [-0.3, -0.25) is 14.9 Å². The fraction of sp³-hybridized carbons (Fsp3) is 0.176. The zero-order valence-corrected chi connectivity index (χ0v) is 14.7. The molecule has 1 aliphatic rings. The number of hydrogen-bond acceptors (Lipinski definition) is 7. The summed E-state index contributed by atoms with van der Waals surface area (Å²) in [6.45, 7) is 1.40. The van der Waals surface area contributed by atoms with Crippen LogP contribution in [-0.4, -0.2) is 29.7 Å². The normalized spacial score (nSPS) is 13.0. The Hall–Kier alpha value is -3.33. The molecule has 140 valence electrons. The summed E-state index contributed by atoms with van der Waals surface area (Å²) in [5.41, 5.74) is 0.339. The van der Waals surface area contributed by atoms with Gasteiger partial charge < -0.3 is 19.5 Å². The lowest BCUT2D eigenvalue weighted by molar-refractivity contribution is -0.384. The molecule has 9 nitrogen and oxygen atoms in total. The number of ether oxygens (including phenoxy) is 3. The number of rotatable bonds is 5. The minimum absolute atomic E-state index is 0.00159. The summed E-state index contributed by atoms with van der Waals surface area (Å²) in [6, 6.07) is 8.03. The molecule has 1 amide bonds. The SMILES string of the molecule is CC(OC(=O)c1cc(Cl)c2c(c1)OCO2)C(=O)Nc1ccc([N+](=O)[O-])cc1. The van der Waals surface area contributed by atoms with Crippen LogP contribution in [0.25, 0.3) is 0 Å². The van der Waals surface area contributed by atoms with Crippen molar-refractivity contribution >= 4 is 34.9 Å². The van der Waals surface area contributed by atoms with Crippen LogP contribution in [0.1, 0.15) is 17.3 Å². The molecule has 0 spiro atoms. The van der Waals surface area contributed by atoms with E-state index in [2.05, 4.69) is 5.32 Å². The molecular formula is C17H13ClN2O7. The molecule has 0 saturated carbocycles. The summed E-state index contributed by atoms with van der Waals surface area (Å²) in [7, 11) is 0. The summed E-state index contributed by atoms with van der Waals surface area (Å²) in [4.78, 5) is 34.5. The van der Waals surface area contributed by atoms with Crippen LogP contribution < -0.4 is 14.8 Å². The van der Waals surface area contributed by atoms with Crippen LogP contribution in [0.5, 0.6) is 11.5 Å². The average molecular weight is 393 g/mol. The van der Waals surface area contributed by atoms with E-state index in [1.54, 1.807) is 0 Å². The zero-order valence-electron chi connectivity index (χ0n) is 13.9. The van der Waals surface area contributed by atoms with Crippen LogP contribution >= 0.6 is 11.6 Å². The van der Waals surface area contributed by atoms with Crippen LogP contribution in [0, 0.1) is 10.1 Å². The molecular weight excluding hydrogens is 380 g/mol. The van der Waals surface area contributed by atoms with Gasteiger partial charge in [-0.05, 0) is 31.2 Å². The van der Waals surface area contributed by atoms with E-state index in [1.807, 2.05) is 0 Å². The first-order chi connectivity index (χ1) is 12.8. The Labute approximate surface area is 157 Å². The number of halogens is 1. The van der Waals surface area contributed by atoms with Crippen molar-refractivity contribution in [3.8, 4) is 11.5 Å². The predicted octanol–water partition coefficient (Wildman–Crippen LogP) is 3.16. The lowest BCUT2D eigenvalue weighted by Crippen LogP contribution is -2.30.